The third kappa shape index (κ3) is 22.7. The number of aromatic nitrogens is 2. The van der Waals surface area contributed by atoms with Gasteiger partial charge in [-0.3, -0.25) is 33.6 Å². The minimum absolute atomic E-state index is 0.00584. The number of carbonyl (C=O) groups is 10. The average molecular weight is 1050 g/mol. The van der Waals surface area contributed by atoms with E-state index in [2.05, 4.69) is 31.0 Å². The molecule has 0 radical (unpaired) electrons. The van der Waals surface area contributed by atoms with Crippen LogP contribution in [0.1, 0.15) is 143 Å². The zero-order valence-electron chi connectivity index (χ0n) is 44.4. The fourth-order valence-corrected chi connectivity index (χ4v) is 6.66. The van der Waals surface area contributed by atoms with Crippen LogP contribution in [0, 0.1) is 27.7 Å². The second-order valence-electron chi connectivity index (χ2n) is 18.8. The Bertz CT molecular complexity index is 2630. The zero-order chi connectivity index (χ0) is 56.8. The summed E-state index contributed by atoms with van der Waals surface area (Å²) in [7, 11) is 2.39. The van der Waals surface area contributed by atoms with E-state index in [1.807, 2.05) is 0 Å². The summed E-state index contributed by atoms with van der Waals surface area (Å²) in [5, 5.41) is 23.8. The van der Waals surface area contributed by atoms with Gasteiger partial charge >= 0.3 is 29.8 Å². The van der Waals surface area contributed by atoms with E-state index in [0.717, 1.165) is 0 Å². The lowest BCUT2D eigenvalue weighted by Gasteiger charge is -2.19. The van der Waals surface area contributed by atoms with Crippen LogP contribution in [0.4, 0.5) is 0 Å². The molecule has 2 atom stereocenters. The van der Waals surface area contributed by atoms with Crippen molar-refractivity contribution in [2.75, 3.05) is 27.3 Å². The van der Waals surface area contributed by atoms with Gasteiger partial charge in [0.25, 0.3) is 17.7 Å². The van der Waals surface area contributed by atoms with Crippen molar-refractivity contribution in [3.05, 3.63) is 105 Å². The minimum Gasteiger partial charge on any atom is -0.478 e. The maximum Gasteiger partial charge on any atom is 0.335 e. The van der Waals surface area contributed by atoms with Gasteiger partial charge in [0.2, 0.25) is 0 Å². The molecule has 0 saturated heterocycles. The fraction of sp³-hybridized carbons (Fsp3) is 0.462. The monoisotopic (exact) mass is 1050 g/mol. The summed E-state index contributed by atoms with van der Waals surface area (Å²) in [4.78, 5) is 119. The Morgan fingerprint density at radius 2 is 1.01 bits per heavy atom. The molecule has 0 aliphatic carbocycles. The molecule has 23 nitrogen and oxygen atoms in total. The lowest BCUT2D eigenvalue weighted by Crippen LogP contribution is -2.42. The number of carbonyl (C=O) groups excluding carboxylic acids is 9. The molecule has 0 fully saturated rings. The summed E-state index contributed by atoms with van der Waals surface area (Å²) in [6, 6.07) is 10.8. The molecule has 2 aromatic carbocycles. The van der Waals surface area contributed by atoms with E-state index in [0.29, 0.717) is 34.0 Å². The van der Waals surface area contributed by atoms with Gasteiger partial charge in [-0.1, -0.05) is 34.6 Å². The molecule has 3 amide bonds. The van der Waals surface area contributed by atoms with Crippen LogP contribution in [-0.4, -0.2) is 125 Å². The highest BCUT2D eigenvalue weighted by molar-refractivity contribution is 6.00. The lowest BCUT2D eigenvalue weighted by molar-refractivity contribution is -0.155. The Kier molecular flexibility index (Phi) is 24.9. The number of carboxylic acids is 1. The number of hydrogen-bond acceptors (Lipinski definition) is 19. The number of hydrogen-bond donors (Lipinski definition) is 5. The molecule has 6 N–H and O–H groups in total. The van der Waals surface area contributed by atoms with Gasteiger partial charge in [0.15, 0.2) is 5.78 Å². The molecular formula is C52H68N6O17. The highest BCUT2D eigenvalue weighted by Crippen LogP contribution is 2.16. The van der Waals surface area contributed by atoms with Crippen molar-refractivity contribution in [2.24, 2.45) is 5.73 Å². The Labute approximate surface area is 434 Å². The van der Waals surface area contributed by atoms with Gasteiger partial charge in [-0.15, -0.1) is 0 Å². The minimum atomic E-state index is -1.07. The molecule has 4 rings (SSSR count). The number of nitrogens with one attached hydrogen (secondary N) is 3. The number of nitrogens with zero attached hydrogens (tertiary/aromatic N) is 2. The van der Waals surface area contributed by atoms with Crippen LogP contribution in [0.3, 0.4) is 0 Å². The lowest BCUT2D eigenvalue weighted by atomic mass is 10.1. The van der Waals surface area contributed by atoms with E-state index in [1.165, 1.54) is 26.4 Å². The van der Waals surface area contributed by atoms with Crippen molar-refractivity contribution >= 4 is 59.1 Å². The number of carboxylic acid groups (broad SMARTS) is 1. The van der Waals surface area contributed by atoms with Gasteiger partial charge in [-0.05, 0) is 117 Å². The van der Waals surface area contributed by atoms with Crippen molar-refractivity contribution in [3.8, 4) is 0 Å². The van der Waals surface area contributed by atoms with Crippen molar-refractivity contribution in [1.82, 2.24) is 26.3 Å². The topological polar surface area (TPSA) is 342 Å². The van der Waals surface area contributed by atoms with Gasteiger partial charge in [0.05, 0.1) is 57.1 Å². The predicted molar refractivity (Wildman–Crippen MR) is 267 cm³/mol. The maximum atomic E-state index is 12.6. The molecule has 0 saturated carbocycles. The number of nitrogens with two attached hydrogens (primary N) is 1. The molecule has 0 aliphatic heterocycles. The molecule has 0 aliphatic rings. The number of amides is 3. The third-order valence-corrected chi connectivity index (χ3v) is 10.1. The van der Waals surface area contributed by atoms with Crippen LogP contribution in [-0.2, 0) is 60.6 Å². The van der Waals surface area contributed by atoms with E-state index in [4.69, 9.17) is 34.1 Å². The molecule has 0 spiro atoms. The maximum absolute atomic E-state index is 12.6. The Morgan fingerprint density at radius 1 is 0.613 bits per heavy atom. The number of methoxy groups -OCH3 is 2. The molecule has 4 aromatic rings. The summed E-state index contributed by atoms with van der Waals surface area (Å²) < 4.78 is 29.7. The second-order valence-corrected chi connectivity index (χ2v) is 18.8. The van der Waals surface area contributed by atoms with Crippen LogP contribution >= 0.6 is 0 Å². The van der Waals surface area contributed by atoms with E-state index in [-0.39, 0.29) is 91.4 Å². The molecule has 0 bridgehead atoms. The number of Topliss-reactive ketones (excluding diaryl/α,β-unsaturated/α-hetero) is 2. The number of aromatic carboxylic acids is 1. The Morgan fingerprint density at radius 3 is 1.37 bits per heavy atom. The number of esters is 4. The van der Waals surface area contributed by atoms with Crippen LogP contribution in [0.25, 0.3) is 0 Å². The highest BCUT2D eigenvalue weighted by atomic mass is 16.6. The summed E-state index contributed by atoms with van der Waals surface area (Å²) in [5.74, 6) is -4.57. The molecule has 2 heterocycles. The fourth-order valence-electron chi connectivity index (χ4n) is 6.66. The van der Waals surface area contributed by atoms with Gasteiger partial charge in [0, 0.05) is 18.4 Å². The second kappa shape index (κ2) is 29.6. The first kappa shape index (κ1) is 63.0. The van der Waals surface area contributed by atoms with Crippen LogP contribution in [0.2, 0.25) is 0 Å². The molecule has 23 heteroatoms. The summed E-state index contributed by atoms with van der Waals surface area (Å²) in [6.45, 7) is 16.7. The van der Waals surface area contributed by atoms with E-state index in [1.54, 1.807) is 106 Å². The van der Waals surface area contributed by atoms with Crippen molar-refractivity contribution in [1.29, 1.82) is 0 Å². The van der Waals surface area contributed by atoms with E-state index in [9.17, 15) is 47.9 Å². The summed E-state index contributed by atoms with van der Waals surface area (Å²) >= 11 is 0. The predicted octanol–water partition coefficient (Wildman–Crippen LogP) is 4.37. The van der Waals surface area contributed by atoms with Crippen molar-refractivity contribution in [2.45, 2.75) is 131 Å². The Balaban J connectivity index is 0.000000426. The van der Waals surface area contributed by atoms with Crippen LogP contribution < -0.4 is 21.7 Å². The van der Waals surface area contributed by atoms with Crippen LogP contribution in [0.5, 0.6) is 0 Å². The molecule has 75 heavy (non-hydrogen) atoms. The van der Waals surface area contributed by atoms with Gasteiger partial charge in [0.1, 0.15) is 51.7 Å². The van der Waals surface area contributed by atoms with Crippen molar-refractivity contribution < 1.29 is 81.0 Å². The SMILES string of the molecule is CC(C)(C)OC(=O)Cc1cccc(C(=O)O)c1.COC(=O)[C@H](CCC(=O)CN)NC(=O)c1c(C)noc1C.COC(=O)[C@H](CCC(=O)CNC(=O)c1cccc(CC(=O)OC(C)(C)C)c1)NC(=O)c1c(C)noc1C. The van der Waals surface area contributed by atoms with E-state index >= 15 is 0 Å². The van der Waals surface area contributed by atoms with Gasteiger partial charge in [-0.2, -0.15) is 0 Å². The molecule has 2 aromatic heterocycles. The first-order valence-electron chi connectivity index (χ1n) is 23.5. The van der Waals surface area contributed by atoms with Crippen molar-refractivity contribution in [3.63, 3.8) is 0 Å². The van der Waals surface area contributed by atoms with Gasteiger partial charge < -0.3 is 54.8 Å². The summed E-state index contributed by atoms with van der Waals surface area (Å²) in [6.07, 6.45) is 0.169. The zero-order valence-corrected chi connectivity index (χ0v) is 44.4. The van der Waals surface area contributed by atoms with Gasteiger partial charge in [-0.25, -0.2) is 14.4 Å². The molecule has 408 valence electrons. The number of benzene rings is 2. The smallest absolute Gasteiger partial charge is 0.335 e. The number of aryl methyl sites for hydroxylation is 4. The largest absolute Gasteiger partial charge is 0.478 e. The normalized spacial score (nSPS) is 11.6. The molecular weight excluding hydrogens is 981 g/mol. The Hall–Kier alpha value is -8.08. The number of rotatable bonds is 21. The number of ether oxygens (including phenoxy) is 4. The standard InChI is InChI=1S/C26H33N3O8.C13H19N3O5.C13H16O4/c1-15-22(16(2)37-29-15)24(33)28-20(25(34)35-6)11-10-19(30)14-27-23(32)18-9-7-8-17(12-18)13-21(31)36-26(3,4)5;1-7-11(8(2)21-16-7)12(18)15-10(13(19)20-3)5-4-9(17)6-14;1-13(2,3)17-11(14)8-9-5-4-6-10(7-9)12(15)16/h7-9,12,20H,10-11,13-14H2,1-6H3,(H,27,32)(H,28,33);10H,4-6,14H2,1-3H3,(H,15,18);4-7H,8H2,1-3H3,(H,15,16)/t20-;10-;/m00./s1. The quantitative estimate of drug-likeness (QED) is 0.0571. The third-order valence-electron chi connectivity index (χ3n) is 10.1. The summed E-state index contributed by atoms with van der Waals surface area (Å²) in [5.41, 5.74) is 7.04. The van der Waals surface area contributed by atoms with Crippen LogP contribution in [0.15, 0.2) is 57.6 Å². The first-order valence-corrected chi connectivity index (χ1v) is 23.5. The number of ketones is 2. The average Bonchev–Trinajstić information content (AvgIpc) is 3.86. The highest BCUT2D eigenvalue weighted by Gasteiger charge is 2.28. The molecule has 0 unspecified atom stereocenters. The van der Waals surface area contributed by atoms with E-state index < -0.39 is 64.9 Å². The first-order chi connectivity index (χ1) is 35.0.